The predicted molar refractivity (Wildman–Crippen MR) is 125 cm³/mol. The molecule has 1 atom stereocenters. The molecule has 156 valence electrons. The number of nitrogens with zero attached hydrogens (tertiary/aromatic N) is 1. The number of hydroxylamine groups is 1. The summed E-state index contributed by atoms with van der Waals surface area (Å²) in [7, 11) is -0.448. The largest absolute Gasteiger partial charge is 0.497 e. The molecule has 3 aromatic rings. The second-order valence-electron chi connectivity index (χ2n) is 7.91. The monoisotopic (exact) mass is 439 g/mol. The van der Waals surface area contributed by atoms with Crippen LogP contribution in [0.4, 0.5) is 5.69 Å². The SMILES string of the molecule is COc1ccc(C(=O)C(c2ccccc2)N(O[Si](C)(C)C)c2ccc(Cl)cc2)cc1. The average molecular weight is 440 g/mol. The lowest BCUT2D eigenvalue weighted by molar-refractivity contribution is 0.0906. The van der Waals surface area contributed by atoms with Crippen LogP contribution in [-0.2, 0) is 4.53 Å². The van der Waals surface area contributed by atoms with Gasteiger partial charge in [0.05, 0.1) is 12.8 Å². The van der Waals surface area contributed by atoms with Crippen molar-refractivity contribution in [3.8, 4) is 5.75 Å². The molecule has 0 fully saturated rings. The van der Waals surface area contributed by atoms with Gasteiger partial charge in [-0.1, -0.05) is 41.9 Å². The van der Waals surface area contributed by atoms with Crippen LogP contribution < -0.4 is 9.80 Å². The summed E-state index contributed by atoms with van der Waals surface area (Å²) >= 11 is 6.10. The molecule has 0 aliphatic heterocycles. The summed E-state index contributed by atoms with van der Waals surface area (Å²) in [5.74, 6) is 0.646. The first kappa shape index (κ1) is 22.1. The number of halogens is 1. The van der Waals surface area contributed by atoms with Crippen molar-refractivity contribution in [1.29, 1.82) is 0 Å². The molecule has 0 saturated heterocycles. The molecule has 6 heteroatoms. The molecule has 0 amide bonds. The maximum Gasteiger partial charge on any atom is 0.220 e. The molecule has 1 unspecified atom stereocenters. The molecule has 3 rings (SSSR count). The molecule has 0 aliphatic carbocycles. The minimum Gasteiger partial charge on any atom is -0.497 e. The Balaban J connectivity index is 2.11. The Kier molecular flexibility index (Phi) is 6.97. The van der Waals surface area contributed by atoms with E-state index in [1.165, 1.54) is 0 Å². The topological polar surface area (TPSA) is 38.8 Å². The average Bonchev–Trinajstić information content (AvgIpc) is 2.74. The zero-order chi connectivity index (χ0) is 21.7. The lowest BCUT2D eigenvalue weighted by Gasteiger charge is -2.36. The number of carbonyl (C=O) groups excluding carboxylic acids is 1. The van der Waals surface area contributed by atoms with Crippen LogP contribution in [0.3, 0.4) is 0 Å². The number of methoxy groups -OCH3 is 1. The highest BCUT2D eigenvalue weighted by Gasteiger charge is 2.33. The van der Waals surface area contributed by atoms with Crippen molar-refractivity contribution < 1.29 is 14.1 Å². The van der Waals surface area contributed by atoms with Crippen molar-refractivity contribution in [1.82, 2.24) is 0 Å². The number of Topliss-reactive ketones (excluding diaryl/α,β-unsaturated/α-hetero) is 1. The number of carbonyl (C=O) groups is 1. The van der Waals surface area contributed by atoms with Crippen molar-refractivity contribution in [2.75, 3.05) is 12.2 Å². The molecular weight excluding hydrogens is 414 g/mol. The van der Waals surface area contributed by atoms with Gasteiger partial charge in [-0.15, -0.1) is 0 Å². The van der Waals surface area contributed by atoms with Crippen LogP contribution in [0.25, 0.3) is 0 Å². The molecule has 30 heavy (non-hydrogen) atoms. The van der Waals surface area contributed by atoms with Crippen molar-refractivity contribution in [2.24, 2.45) is 0 Å². The van der Waals surface area contributed by atoms with Gasteiger partial charge in [-0.3, -0.25) is 9.86 Å². The first-order valence-corrected chi connectivity index (χ1v) is 13.5. The molecule has 0 aromatic heterocycles. The number of ketones is 1. The van der Waals surface area contributed by atoms with E-state index in [2.05, 4.69) is 19.6 Å². The van der Waals surface area contributed by atoms with Crippen LogP contribution in [0, 0.1) is 0 Å². The van der Waals surface area contributed by atoms with E-state index in [1.54, 1.807) is 48.6 Å². The molecule has 0 bridgehead atoms. The minimum atomic E-state index is -2.05. The van der Waals surface area contributed by atoms with Crippen LogP contribution in [0.5, 0.6) is 5.75 Å². The Morgan fingerprint density at radius 1 is 0.900 bits per heavy atom. The highest BCUT2D eigenvalue weighted by atomic mass is 35.5. The number of ether oxygens (including phenoxy) is 1. The van der Waals surface area contributed by atoms with Gasteiger partial charge in [-0.05, 0) is 73.7 Å². The van der Waals surface area contributed by atoms with E-state index in [-0.39, 0.29) is 5.78 Å². The molecule has 0 heterocycles. The Morgan fingerprint density at radius 2 is 1.50 bits per heavy atom. The van der Waals surface area contributed by atoms with Gasteiger partial charge in [0, 0.05) is 10.6 Å². The molecule has 0 aliphatic rings. The number of anilines is 1. The van der Waals surface area contributed by atoms with E-state index in [1.807, 2.05) is 42.5 Å². The summed E-state index contributed by atoms with van der Waals surface area (Å²) in [6.07, 6.45) is 0. The van der Waals surface area contributed by atoms with Gasteiger partial charge in [-0.25, -0.2) is 0 Å². The number of hydrogen-bond acceptors (Lipinski definition) is 4. The van der Waals surface area contributed by atoms with Crippen LogP contribution in [-0.4, -0.2) is 21.2 Å². The summed E-state index contributed by atoms with van der Waals surface area (Å²) in [6, 6.07) is 23.5. The maximum atomic E-state index is 13.7. The summed E-state index contributed by atoms with van der Waals surface area (Å²) in [4.78, 5) is 13.7. The van der Waals surface area contributed by atoms with Gasteiger partial charge in [0.25, 0.3) is 0 Å². The Hall–Kier alpha value is -2.60. The van der Waals surface area contributed by atoms with E-state index in [0.29, 0.717) is 16.3 Å². The number of benzene rings is 3. The first-order valence-electron chi connectivity index (χ1n) is 9.75. The maximum absolute atomic E-state index is 13.7. The second-order valence-corrected chi connectivity index (χ2v) is 12.8. The third-order valence-corrected chi connectivity index (χ3v) is 5.42. The van der Waals surface area contributed by atoms with Crippen molar-refractivity contribution >= 4 is 31.4 Å². The predicted octanol–water partition coefficient (Wildman–Crippen LogP) is 6.55. The quantitative estimate of drug-likeness (QED) is 0.227. The summed E-state index contributed by atoms with van der Waals surface area (Å²) < 4.78 is 11.7. The summed E-state index contributed by atoms with van der Waals surface area (Å²) in [6.45, 7) is 6.28. The third-order valence-electron chi connectivity index (χ3n) is 4.43. The van der Waals surface area contributed by atoms with Crippen molar-refractivity contribution in [3.63, 3.8) is 0 Å². The highest BCUT2D eigenvalue weighted by Crippen LogP contribution is 2.33. The van der Waals surface area contributed by atoms with Gasteiger partial charge in [0.15, 0.2) is 5.78 Å². The molecular formula is C24H26ClNO3Si. The van der Waals surface area contributed by atoms with E-state index in [0.717, 1.165) is 11.3 Å². The molecule has 0 spiro atoms. The Labute approximate surface area is 184 Å². The number of hydrogen-bond donors (Lipinski definition) is 0. The summed E-state index contributed by atoms with van der Waals surface area (Å²) in [5, 5.41) is 2.37. The van der Waals surface area contributed by atoms with Crippen LogP contribution in [0.2, 0.25) is 24.7 Å². The molecule has 4 nitrogen and oxygen atoms in total. The van der Waals surface area contributed by atoms with Gasteiger partial charge < -0.3 is 9.26 Å². The van der Waals surface area contributed by atoms with E-state index in [4.69, 9.17) is 20.9 Å². The molecule has 0 saturated carbocycles. The fourth-order valence-electron chi connectivity index (χ4n) is 3.08. The second kappa shape index (κ2) is 9.47. The zero-order valence-corrected chi connectivity index (χ0v) is 19.4. The smallest absolute Gasteiger partial charge is 0.220 e. The van der Waals surface area contributed by atoms with Crippen LogP contribution >= 0.6 is 11.6 Å². The minimum absolute atomic E-state index is 0.0583. The van der Waals surface area contributed by atoms with Gasteiger partial charge in [-0.2, -0.15) is 0 Å². The lowest BCUT2D eigenvalue weighted by atomic mass is 9.96. The third kappa shape index (κ3) is 5.51. The van der Waals surface area contributed by atoms with E-state index < -0.39 is 14.4 Å². The normalized spacial score (nSPS) is 12.3. The number of rotatable bonds is 8. The highest BCUT2D eigenvalue weighted by molar-refractivity contribution is 6.69. The lowest BCUT2D eigenvalue weighted by Crippen LogP contribution is -2.42. The van der Waals surface area contributed by atoms with E-state index >= 15 is 0 Å². The van der Waals surface area contributed by atoms with Crippen molar-refractivity contribution in [3.05, 3.63) is 95.0 Å². The van der Waals surface area contributed by atoms with Crippen LogP contribution in [0.1, 0.15) is 22.0 Å². The van der Waals surface area contributed by atoms with Crippen LogP contribution in [0.15, 0.2) is 78.9 Å². The fraction of sp³-hybridized carbons (Fsp3) is 0.208. The molecule has 0 radical (unpaired) electrons. The Morgan fingerprint density at radius 3 is 2.03 bits per heavy atom. The van der Waals surface area contributed by atoms with Gasteiger partial charge in [0.1, 0.15) is 11.8 Å². The molecule has 3 aromatic carbocycles. The van der Waals surface area contributed by atoms with Crippen molar-refractivity contribution in [2.45, 2.75) is 25.7 Å². The Bertz CT molecular complexity index is 970. The fourth-order valence-corrected chi connectivity index (χ4v) is 4.01. The van der Waals surface area contributed by atoms with E-state index in [9.17, 15) is 4.79 Å². The summed E-state index contributed by atoms with van der Waals surface area (Å²) in [5.41, 5.74) is 2.21. The zero-order valence-electron chi connectivity index (χ0n) is 17.6. The first-order chi connectivity index (χ1) is 14.3. The standard InChI is InChI=1S/C24H26ClNO3Si/c1-28-22-16-10-19(11-17-22)24(27)23(18-8-6-5-7-9-18)26(29-30(2,3)4)21-14-12-20(25)13-15-21/h5-17,23H,1-4H3. The molecule has 0 N–H and O–H groups in total. The van der Waals surface area contributed by atoms with Gasteiger partial charge >= 0.3 is 0 Å². The van der Waals surface area contributed by atoms with Gasteiger partial charge in [0.2, 0.25) is 8.32 Å².